The van der Waals surface area contributed by atoms with Gasteiger partial charge >= 0.3 is 0 Å². The van der Waals surface area contributed by atoms with E-state index in [1.807, 2.05) is 12.4 Å². The molecule has 1 fully saturated rings. The molecule has 1 N–H and O–H groups in total. The minimum atomic E-state index is 0.627. The van der Waals surface area contributed by atoms with E-state index in [-0.39, 0.29) is 0 Å². The highest BCUT2D eigenvalue weighted by atomic mass is 14.9. The highest BCUT2D eigenvalue weighted by Crippen LogP contribution is 2.35. The van der Waals surface area contributed by atoms with Crippen molar-refractivity contribution in [1.29, 1.82) is 0 Å². The van der Waals surface area contributed by atoms with Crippen LogP contribution in [0.5, 0.6) is 0 Å². The van der Waals surface area contributed by atoms with E-state index < -0.39 is 0 Å². The van der Waals surface area contributed by atoms with Crippen molar-refractivity contribution in [3.8, 4) is 0 Å². The van der Waals surface area contributed by atoms with Crippen molar-refractivity contribution < 1.29 is 0 Å². The smallest absolute Gasteiger partial charge is 0.0270 e. The lowest BCUT2D eigenvalue weighted by molar-refractivity contribution is 0.171. The summed E-state index contributed by atoms with van der Waals surface area (Å²) in [5.41, 5.74) is 1.41. The molecule has 1 aromatic heterocycles. The first-order chi connectivity index (χ1) is 9.20. The molecule has 0 aliphatic heterocycles. The van der Waals surface area contributed by atoms with Gasteiger partial charge < -0.3 is 5.32 Å². The molecule has 1 aliphatic rings. The molecule has 2 heteroatoms. The lowest BCUT2D eigenvalue weighted by Crippen LogP contribution is -2.41. The standard InChI is InChI=1S/C17H28N2/c1-4-19-17(12-15-7-9-18-10-8-15)16-6-5-13(2)14(3)11-16/h7-10,13-14,16-17,19H,4-6,11-12H2,1-3H3. The fourth-order valence-corrected chi connectivity index (χ4v) is 3.40. The van der Waals surface area contributed by atoms with Crippen LogP contribution in [0.25, 0.3) is 0 Å². The first-order valence-corrected chi connectivity index (χ1v) is 7.83. The Kier molecular flexibility index (Phi) is 5.38. The quantitative estimate of drug-likeness (QED) is 0.873. The zero-order valence-corrected chi connectivity index (χ0v) is 12.6. The Morgan fingerprint density at radius 2 is 1.95 bits per heavy atom. The van der Waals surface area contributed by atoms with E-state index in [4.69, 9.17) is 0 Å². The Morgan fingerprint density at radius 3 is 2.58 bits per heavy atom. The maximum atomic E-state index is 4.11. The van der Waals surface area contributed by atoms with Crippen molar-refractivity contribution >= 4 is 0 Å². The van der Waals surface area contributed by atoms with Crippen molar-refractivity contribution in [1.82, 2.24) is 10.3 Å². The molecule has 4 unspecified atom stereocenters. The molecule has 2 nitrogen and oxygen atoms in total. The van der Waals surface area contributed by atoms with Gasteiger partial charge in [-0.2, -0.15) is 0 Å². The average molecular weight is 260 g/mol. The second kappa shape index (κ2) is 7.04. The monoisotopic (exact) mass is 260 g/mol. The van der Waals surface area contributed by atoms with E-state index >= 15 is 0 Å². The van der Waals surface area contributed by atoms with Gasteiger partial charge in [-0.3, -0.25) is 4.98 Å². The molecule has 1 heterocycles. The van der Waals surface area contributed by atoms with Gasteiger partial charge in [-0.15, -0.1) is 0 Å². The largest absolute Gasteiger partial charge is 0.314 e. The molecule has 4 atom stereocenters. The van der Waals surface area contributed by atoms with Crippen molar-refractivity contribution in [2.24, 2.45) is 17.8 Å². The Hall–Kier alpha value is -0.890. The molecule has 0 spiro atoms. The molecule has 0 radical (unpaired) electrons. The van der Waals surface area contributed by atoms with Crippen LogP contribution >= 0.6 is 0 Å². The van der Waals surface area contributed by atoms with Crippen LogP contribution in [-0.2, 0) is 6.42 Å². The third kappa shape index (κ3) is 4.04. The van der Waals surface area contributed by atoms with E-state index in [1.165, 1.54) is 24.8 Å². The summed E-state index contributed by atoms with van der Waals surface area (Å²) in [5, 5.41) is 3.72. The van der Waals surface area contributed by atoms with Gasteiger partial charge in [-0.05, 0) is 61.3 Å². The Labute approximate surface area is 118 Å². The van der Waals surface area contributed by atoms with E-state index in [2.05, 4.69) is 43.2 Å². The summed E-state index contributed by atoms with van der Waals surface area (Å²) in [6, 6.07) is 4.93. The number of nitrogens with zero attached hydrogens (tertiary/aromatic N) is 1. The molecule has 0 aromatic carbocycles. The predicted octanol–water partition coefficient (Wildman–Crippen LogP) is 3.67. The second-order valence-corrected chi connectivity index (χ2v) is 6.25. The van der Waals surface area contributed by atoms with Gasteiger partial charge in [0.25, 0.3) is 0 Å². The molecule has 106 valence electrons. The van der Waals surface area contributed by atoms with Crippen LogP contribution in [0.15, 0.2) is 24.5 Å². The highest BCUT2D eigenvalue weighted by Gasteiger charge is 2.29. The SMILES string of the molecule is CCNC(Cc1ccncc1)C1CCC(C)C(C)C1. The normalized spacial score (nSPS) is 29.1. The molecular formula is C17H28N2. The first-order valence-electron chi connectivity index (χ1n) is 7.83. The summed E-state index contributed by atoms with van der Waals surface area (Å²) < 4.78 is 0. The minimum absolute atomic E-state index is 0.627. The molecule has 1 aliphatic carbocycles. The number of pyridine rings is 1. The number of nitrogens with one attached hydrogen (secondary N) is 1. The van der Waals surface area contributed by atoms with Gasteiger partial charge in [0.15, 0.2) is 0 Å². The summed E-state index contributed by atoms with van der Waals surface area (Å²) in [6.07, 6.45) is 9.11. The number of likely N-dealkylation sites (N-methyl/N-ethyl adjacent to an activating group) is 1. The van der Waals surface area contributed by atoms with Crippen molar-refractivity contribution in [3.63, 3.8) is 0 Å². The Balaban J connectivity index is 1.99. The summed E-state index contributed by atoms with van der Waals surface area (Å²) in [7, 11) is 0. The fraction of sp³-hybridized carbons (Fsp3) is 0.706. The Morgan fingerprint density at radius 1 is 1.21 bits per heavy atom. The van der Waals surface area contributed by atoms with Crippen molar-refractivity contribution in [3.05, 3.63) is 30.1 Å². The topological polar surface area (TPSA) is 24.9 Å². The summed E-state index contributed by atoms with van der Waals surface area (Å²) >= 11 is 0. The van der Waals surface area contributed by atoms with E-state index in [1.54, 1.807) is 0 Å². The maximum Gasteiger partial charge on any atom is 0.0270 e. The van der Waals surface area contributed by atoms with Crippen LogP contribution in [-0.4, -0.2) is 17.6 Å². The van der Waals surface area contributed by atoms with Gasteiger partial charge in [0.05, 0.1) is 0 Å². The molecule has 19 heavy (non-hydrogen) atoms. The van der Waals surface area contributed by atoms with Crippen LogP contribution in [0.3, 0.4) is 0 Å². The minimum Gasteiger partial charge on any atom is -0.314 e. The van der Waals surface area contributed by atoms with Gasteiger partial charge in [0, 0.05) is 18.4 Å². The zero-order chi connectivity index (χ0) is 13.7. The van der Waals surface area contributed by atoms with Gasteiger partial charge in [-0.1, -0.05) is 27.2 Å². The fourth-order valence-electron chi connectivity index (χ4n) is 3.40. The second-order valence-electron chi connectivity index (χ2n) is 6.25. The van der Waals surface area contributed by atoms with Gasteiger partial charge in [0.1, 0.15) is 0 Å². The highest BCUT2D eigenvalue weighted by molar-refractivity contribution is 5.12. The van der Waals surface area contributed by atoms with Crippen LogP contribution in [0.4, 0.5) is 0 Å². The maximum absolute atomic E-state index is 4.11. The summed E-state index contributed by atoms with van der Waals surface area (Å²) in [6.45, 7) is 8.11. The van der Waals surface area contributed by atoms with E-state index in [9.17, 15) is 0 Å². The molecule has 0 bridgehead atoms. The molecule has 2 rings (SSSR count). The number of aromatic nitrogens is 1. The molecule has 1 saturated carbocycles. The lowest BCUT2D eigenvalue weighted by atomic mass is 9.72. The number of rotatable bonds is 5. The van der Waals surface area contributed by atoms with Gasteiger partial charge in [0.2, 0.25) is 0 Å². The molecule has 1 aromatic rings. The van der Waals surface area contributed by atoms with E-state index in [0.29, 0.717) is 6.04 Å². The van der Waals surface area contributed by atoms with E-state index in [0.717, 1.165) is 30.7 Å². The van der Waals surface area contributed by atoms with Crippen molar-refractivity contribution in [2.45, 2.75) is 52.5 Å². The summed E-state index contributed by atoms with van der Waals surface area (Å²) in [5.74, 6) is 2.61. The van der Waals surface area contributed by atoms with Crippen LogP contribution in [0.2, 0.25) is 0 Å². The zero-order valence-electron chi connectivity index (χ0n) is 12.6. The lowest BCUT2D eigenvalue weighted by Gasteiger charge is -2.37. The molecular weight excluding hydrogens is 232 g/mol. The van der Waals surface area contributed by atoms with Crippen LogP contribution < -0.4 is 5.32 Å². The third-order valence-corrected chi connectivity index (χ3v) is 4.88. The number of hydrogen-bond acceptors (Lipinski definition) is 2. The average Bonchev–Trinajstić information content (AvgIpc) is 2.43. The number of hydrogen-bond donors (Lipinski definition) is 1. The third-order valence-electron chi connectivity index (χ3n) is 4.88. The summed E-state index contributed by atoms with van der Waals surface area (Å²) in [4.78, 5) is 4.11. The van der Waals surface area contributed by atoms with Gasteiger partial charge in [-0.25, -0.2) is 0 Å². The first kappa shape index (κ1) is 14.5. The van der Waals surface area contributed by atoms with Crippen LogP contribution in [0, 0.1) is 17.8 Å². The molecule has 0 amide bonds. The van der Waals surface area contributed by atoms with Crippen LogP contribution in [0.1, 0.15) is 45.6 Å². The van der Waals surface area contributed by atoms with Crippen molar-refractivity contribution in [2.75, 3.05) is 6.54 Å². The predicted molar refractivity (Wildman–Crippen MR) is 81.1 cm³/mol. The Bertz CT molecular complexity index is 363. The molecule has 0 saturated heterocycles.